The number of carbonyl (C=O) groups excluding carboxylic acids is 1. The number of nitrogens with one attached hydrogen (secondary N) is 1. The van der Waals surface area contributed by atoms with Crippen LogP contribution in [0.4, 0.5) is 5.69 Å². The van der Waals surface area contributed by atoms with Crippen molar-refractivity contribution in [1.82, 2.24) is 0 Å². The van der Waals surface area contributed by atoms with Gasteiger partial charge in [-0.2, -0.15) is 0 Å². The summed E-state index contributed by atoms with van der Waals surface area (Å²) in [7, 11) is 0. The van der Waals surface area contributed by atoms with E-state index in [1.807, 2.05) is 0 Å². The molecule has 0 radical (unpaired) electrons. The first-order valence-corrected chi connectivity index (χ1v) is 7.07. The van der Waals surface area contributed by atoms with Crippen LogP contribution >= 0.6 is 0 Å². The zero-order chi connectivity index (χ0) is 15.2. The van der Waals surface area contributed by atoms with E-state index >= 15 is 0 Å². The van der Waals surface area contributed by atoms with Gasteiger partial charge in [-0.15, -0.1) is 0 Å². The number of aliphatic carboxylic acids is 1. The fourth-order valence-electron chi connectivity index (χ4n) is 2.50. The van der Waals surface area contributed by atoms with E-state index in [0.29, 0.717) is 11.4 Å². The zero-order valence-corrected chi connectivity index (χ0v) is 11.7. The average Bonchev–Trinajstić information content (AvgIpc) is 2.47. The summed E-state index contributed by atoms with van der Waals surface area (Å²) in [6, 6.07) is 6.54. The van der Waals surface area contributed by atoms with Gasteiger partial charge in [0, 0.05) is 11.7 Å². The maximum absolute atomic E-state index is 12.2. The number of carboxylic acid groups (broad SMARTS) is 1. The van der Waals surface area contributed by atoms with Crippen molar-refractivity contribution in [2.24, 2.45) is 11.7 Å². The number of anilines is 1. The van der Waals surface area contributed by atoms with Gasteiger partial charge in [-0.05, 0) is 37.1 Å². The normalized spacial score (nSPS) is 21.6. The molecule has 1 aliphatic rings. The predicted octanol–water partition coefficient (Wildman–Crippen LogP) is 1.61. The van der Waals surface area contributed by atoms with E-state index < -0.39 is 5.97 Å². The number of nitrogens with two attached hydrogens (primary N) is 1. The Morgan fingerprint density at radius 3 is 2.52 bits per heavy atom. The van der Waals surface area contributed by atoms with Gasteiger partial charge >= 0.3 is 5.97 Å². The van der Waals surface area contributed by atoms with E-state index in [0.717, 1.165) is 25.7 Å². The molecule has 1 aromatic carbocycles. The Hall–Kier alpha value is -2.08. The molecular formula is C15H20N2O4. The van der Waals surface area contributed by atoms with Crippen molar-refractivity contribution in [2.45, 2.75) is 31.7 Å². The number of hydrogen-bond donors (Lipinski definition) is 3. The summed E-state index contributed by atoms with van der Waals surface area (Å²) in [5.74, 6) is -0.772. The maximum atomic E-state index is 12.2. The van der Waals surface area contributed by atoms with Crippen LogP contribution in [0.3, 0.4) is 0 Å². The number of hydrogen-bond acceptors (Lipinski definition) is 4. The molecule has 2 rings (SSSR count). The van der Waals surface area contributed by atoms with Gasteiger partial charge in [0.1, 0.15) is 5.75 Å². The Morgan fingerprint density at radius 1 is 1.24 bits per heavy atom. The minimum absolute atomic E-state index is 0.0543. The van der Waals surface area contributed by atoms with E-state index in [1.165, 1.54) is 0 Å². The van der Waals surface area contributed by atoms with Gasteiger partial charge < -0.3 is 20.9 Å². The van der Waals surface area contributed by atoms with E-state index in [2.05, 4.69) is 5.32 Å². The molecular weight excluding hydrogens is 272 g/mol. The monoisotopic (exact) mass is 292 g/mol. The Morgan fingerprint density at radius 2 is 1.90 bits per heavy atom. The highest BCUT2D eigenvalue weighted by atomic mass is 16.5. The molecule has 1 saturated carbocycles. The Labute approximate surface area is 123 Å². The largest absolute Gasteiger partial charge is 0.482 e. The molecule has 0 bridgehead atoms. The number of amides is 1. The molecule has 1 aromatic rings. The number of carboxylic acids is 1. The maximum Gasteiger partial charge on any atom is 0.341 e. The topological polar surface area (TPSA) is 102 Å². The third-order valence-corrected chi connectivity index (χ3v) is 3.64. The summed E-state index contributed by atoms with van der Waals surface area (Å²) in [5, 5.41) is 11.4. The van der Waals surface area contributed by atoms with Gasteiger partial charge in [0.2, 0.25) is 5.91 Å². The third-order valence-electron chi connectivity index (χ3n) is 3.64. The van der Waals surface area contributed by atoms with Gasteiger partial charge in [-0.25, -0.2) is 4.79 Å². The van der Waals surface area contributed by atoms with Crippen molar-refractivity contribution < 1.29 is 19.4 Å². The first kappa shape index (κ1) is 15.3. The summed E-state index contributed by atoms with van der Waals surface area (Å²) < 4.78 is 5.03. The SMILES string of the molecule is NC1CCCCC1C(=O)Nc1ccc(OCC(=O)O)cc1. The average molecular weight is 292 g/mol. The summed E-state index contributed by atoms with van der Waals surface area (Å²) in [5.41, 5.74) is 6.64. The lowest BCUT2D eigenvalue weighted by Gasteiger charge is -2.27. The highest BCUT2D eigenvalue weighted by Crippen LogP contribution is 2.24. The summed E-state index contributed by atoms with van der Waals surface area (Å²) in [6.45, 7) is -0.386. The molecule has 2 unspecified atom stereocenters. The number of ether oxygens (including phenoxy) is 1. The van der Waals surface area contributed by atoms with Crippen LogP contribution in [0.2, 0.25) is 0 Å². The molecule has 1 aliphatic carbocycles. The van der Waals surface area contributed by atoms with Crippen LogP contribution < -0.4 is 15.8 Å². The van der Waals surface area contributed by atoms with E-state index in [9.17, 15) is 9.59 Å². The summed E-state index contributed by atoms with van der Waals surface area (Å²) in [6.07, 6.45) is 3.83. The first-order valence-electron chi connectivity index (χ1n) is 7.07. The van der Waals surface area contributed by atoms with Gasteiger partial charge in [-0.1, -0.05) is 12.8 Å². The second kappa shape index (κ2) is 7.08. The lowest BCUT2D eigenvalue weighted by molar-refractivity contribution is -0.139. The first-order chi connectivity index (χ1) is 10.1. The molecule has 0 aromatic heterocycles. The van der Waals surface area contributed by atoms with Crippen LogP contribution in [-0.2, 0) is 9.59 Å². The molecule has 0 spiro atoms. The van der Waals surface area contributed by atoms with Crippen LogP contribution in [0.15, 0.2) is 24.3 Å². The summed E-state index contributed by atoms with van der Waals surface area (Å²) >= 11 is 0. The molecule has 0 saturated heterocycles. The fraction of sp³-hybridized carbons (Fsp3) is 0.467. The van der Waals surface area contributed by atoms with Crippen molar-refractivity contribution in [3.05, 3.63) is 24.3 Å². The van der Waals surface area contributed by atoms with Crippen molar-refractivity contribution in [2.75, 3.05) is 11.9 Å². The lowest BCUT2D eigenvalue weighted by Crippen LogP contribution is -2.40. The van der Waals surface area contributed by atoms with Gasteiger partial charge in [0.15, 0.2) is 6.61 Å². The molecule has 2 atom stereocenters. The van der Waals surface area contributed by atoms with E-state index in [1.54, 1.807) is 24.3 Å². The molecule has 1 fully saturated rings. The number of benzene rings is 1. The molecule has 4 N–H and O–H groups in total. The predicted molar refractivity (Wildman–Crippen MR) is 78.1 cm³/mol. The minimum atomic E-state index is -1.03. The van der Waals surface area contributed by atoms with E-state index in [4.69, 9.17) is 15.6 Å². The van der Waals surface area contributed by atoms with Crippen LogP contribution in [-0.4, -0.2) is 29.6 Å². The highest BCUT2D eigenvalue weighted by Gasteiger charge is 2.28. The van der Waals surface area contributed by atoms with Crippen LogP contribution in [0.1, 0.15) is 25.7 Å². The van der Waals surface area contributed by atoms with Gasteiger partial charge in [0.05, 0.1) is 5.92 Å². The highest BCUT2D eigenvalue weighted by molar-refractivity contribution is 5.93. The number of carbonyl (C=O) groups is 2. The van der Waals surface area contributed by atoms with Crippen LogP contribution in [0, 0.1) is 5.92 Å². The molecule has 114 valence electrons. The fourth-order valence-corrected chi connectivity index (χ4v) is 2.50. The zero-order valence-electron chi connectivity index (χ0n) is 11.7. The quantitative estimate of drug-likeness (QED) is 0.765. The Kier molecular flexibility index (Phi) is 5.16. The second-order valence-electron chi connectivity index (χ2n) is 5.25. The smallest absolute Gasteiger partial charge is 0.341 e. The molecule has 6 nitrogen and oxygen atoms in total. The van der Waals surface area contributed by atoms with Gasteiger partial charge in [0.25, 0.3) is 0 Å². The molecule has 0 aliphatic heterocycles. The standard InChI is InChI=1S/C15H20N2O4/c16-13-4-2-1-3-12(13)15(20)17-10-5-7-11(8-6-10)21-9-14(18)19/h5-8,12-13H,1-4,9,16H2,(H,17,20)(H,18,19). The Bertz CT molecular complexity index is 501. The van der Waals surface area contributed by atoms with Crippen molar-refractivity contribution in [1.29, 1.82) is 0 Å². The van der Waals surface area contributed by atoms with Crippen LogP contribution in [0.25, 0.3) is 0 Å². The molecule has 6 heteroatoms. The Balaban J connectivity index is 1.90. The number of rotatable bonds is 5. The second-order valence-corrected chi connectivity index (χ2v) is 5.25. The van der Waals surface area contributed by atoms with Crippen LogP contribution in [0.5, 0.6) is 5.75 Å². The van der Waals surface area contributed by atoms with E-state index in [-0.39, 0.29) is 24.5 Å². The molecule has 1 amide bonds. The molecule has 0 heterocycles. The molecule has 21 heavy (non-hydrogen) atoms. The third kappa shape index (κ3) is 4.46. The minimum Gasteiger partial charge on any atom is -0.482 e. The van der Waals surface area contributed by atoms with Crippen molar-refractivity contribution in [3.63, 3.8) is 0 Å². The summed E-state index contributed by atoms with van der Waals surface area (Å²) in [4.78, 5) is 22.6. The van der Waals surface area contributed by atoms with Crippen molar-refractivity contribution in [3.8, 4) is 5.75 Å². The van der Waals surface area contributed by atoms with Crippen molar-refractivity contribution >= 4 is 17.6 Å². The lowest BCUT2D eigenvalue weighted by atomic mass is 9.84. The van der Waals surface area contributed by atoms with Gasteiger partial charge in [-0.3, -0.25) is 4.79 Å².